The zero-order valence-electron chi connectivity index (χ0n) is 19.6. The van der Waals surface area contributed by atoms with E-state index in [1.807, 2.05) is 31.2 Å². The van der Waals surface area contributed by atoms with E-state index in [0.717, 1.165) is 47.0 Å². The second kappa shape index (κ2) is 10.1. The van der Waals surface area contributed by atoms with Gasteiger partial charge in [-0.05, 0) is 61.4 Å². The average Bonchev–Trinajstić information content (AvgIpc) is 3.15. The van der Waals surface area contributed by atoms with Crippen LogP contribution >= 0.6 is 0 Å². The number of aromatic nitrogens is 1. The Morgan fingerprint density at radius 3 is 2.61 bits per heavy atom. The van der Waals surface area contributed by atoms with Gasteiger partial charge in [-0.3, -0.25) is 9.59 Å². The summed E-state index contributed by atoms with van der Waals surface area (Å²) in [6.45, 7) is 2.93. The first kappa shape index (κ1) is 22.9. The number of hydrogen-bond acceptors (Lipinski definition) is 5. The largest absolute Gasteiger partial charge is 0.496 e. The number of nitrogens with zero attached hydrogens (tertiary/aromatic N) is 1. The summed E-state index contributed by atoms with van der Waals surface area (Å²) < 4.78 is 18.3. The van der Waals surface area contributed by atoms with Gasteiger partial charge >= 0.3 is 11.9 Å². The van der Waals surface area contributed by atoms with Gasteiger partial charge in [-0.1, -0.05) is 30.3 Å². The van der Waals surface area contributed by atoms with E-state index in [-0.39, 0.29) is 24.3 Å². The summed E-state index contributed by atoms with van der Waals surface area (Å²) in [6, 6.07) is 14.5. The van der Waals surface area contributed by atoms with Crippen molar-refractivity contribution < 1.29 is 23.8 Å². The number of ether oxygens (including phenoxy) is 3. The molecule has 0 amide bonds. The van der Waals surface area contributed by atoms with E-state index >= 15 is 0 Å². The summed E-state index contributed by atoms with van der Waals surface area (Å²) in [5, 5.41) is 1.03. The molecule has 0 N–H and O–H groups in total. The Morgan fingerprint density at radius 2 is 1.91 bits per heavy atom. The molecule has 0 fully saturated rings. The zero-order valence-corrected chi connectivity index (χ0v) is 19.6. The fourth-order valence-electron chi connectivity index (χ4n) is 4.92. The van der Waals surface area contributed by atoms with Crippen LogP contribution in [0.3, 0.4) is 0 Å². The van der Waals surface area contributed by atoms with Gasteiger partial charge in [0.05, 0.1) is 26.7 Å². The molecule has 0 spiro atoms. The van der Waals surface area contributed by atoms with Crippen LogP contribution in [0, 0.1) is 0 Å². The van der Waals surface area contributed by atoms with Crippen molar-refractivity contribution in [1.29, 1.82) is 0 Å². The van der Waals surface area contributed by atoms with Gasteiger partial charge in [0.1, 0.15) is 5.75 Å². The highest BCUT2D eigenvalue weighted by atomic mass is 16.5. The molecular formula is C27H31NO5. The zero-order chi connectivity index (χ0) is 23.4. The van der Waals surface area contributed by atoms with Gasteiger partial charge in [-0.25, -0.2) is 0 Å². The number of carbonyl (C=O) groups is 2. The number of carbonyl (C=O) groups excluding carboxylic acids is 2. The number of rotatable bonds is 8. The first-order valence-corrected chi connectivity index (χ1v) is 11.6. The van der Waals surface area contributed by atoms with E-state index in [1.165, 1.54) is 18.4 Å². The highest BCUT2D eigenvalue weighted by Gasteiger charge is 2.33. The summed E-state index contributed by atoms with van der Waals surface area (Å²) in [5.74, 6) is 0.0301. The minimum Gasteiger partial charge on any atom is -0.496 e. The Morgan fingerprint density at radius 1 is 1.12 bits per heavy atom. The molecule has 174 valence electrons. The maximum absolute atomic E-state index is 12.9. The number of esters is 2. The Bertz CT molecular complexity index is 1150. The number of fused-ring (bicyclic) bond motifs is 3. The first-order chi connectivity index (χ1) is 16.1. The second-order valence-electron chi connectivity index (χ2n) is 8.39. The quantitative estimate of drug-likeness (QED) is 0.463. The van der Waals surface area contributed by atoms with Crippen LogP contribution in [0.15, 0.2) is 42.5 Å². The van der Waals surface area contributed by atoms with Crippen molar-refractivity contribution in [2.75, 3.05) is 20.8 Å². The molecule has 2 aromatic carbocycles. The number of methoxy groups -OCH3 is 2. The normalized spacial score (nSPS) is 15.2. The number of aryl methyl sites for hydroxylation is 1. The summed E-state index contributed by atoms with van der Waals surface area (Å²) >= 11 is 0. The number of benzene rings is 2. The monoisotopic (exact) mass is 449 g/mol. The summed E-state index contributed by atoms with van der Waals surface area (Å²) in [6.07, 6.45) is 3.43. The lowest BCUT2D eigenvalue weighted by atomic mass is 9.85. The summed E-state index contributed by atoms with van der Waals surface area (Å²) in [4.78, 5) is 24.7. The smallest absolute Gasteiger partial charge is 0.313 e. The molecule has 6 nitrogen and oxygen atoms in total. The molecule has 1 atom stereocenters. The molecule has 0 saturated heterocycles. The lowest BCUT2D eigenvalue weighted by Crippen LogP contribution is -2.21. The lowest BCUT2D eigenvalue weighted by Gasteiger charge is -2.23. The Hall–Kier alpha value is -3.28. The van der Waals surface area contributed by atoms with Gasteiger partial charge < -0.3 is 18.8 Å². The van der Waals surface area contributed by atoms with E-state index < -0.39 is 0 Å². The third-order valence-corrected chi connectivity index (χ3v) is 6.45. The molecule has 4 rings (SSSR count). The number of hydrogen-bond donors (Lipinski definition) is 0. The van der Waals surface area contributed by atoms with Gasteiger partial charge in [0, 0.05) is 29.6 Å². The molecule has 1 aromatic heterocycles. The third kappa shape index (κ3) is 4.61. The molecule has 3 aromatic rings. The van der Waals surface area contributed by atoms with Crippen molar-refractivity contribution >= 4 is 22.8 Å². The molecule has 0 bridgehead atoms. The molecule has 0 saturated carbocycles. The van der Waals surface area contributed by atoms with Gasteiger partial charge in [0.25, 0.3) is 0 Å². The molecule has 1 heterocycles. The van der Waals surface area contributed by atoms with E-state index in [0.29, 0.717) is 19.6 Å². The first-order valence-electron chi connectivity index (χ1n) is 11.6. The van der Waals surface area contributed by atoms with Crippen LogP contribution < -0.4 is 4.74 Å². The van der Waals surface area contributed by atoms with Crippen LogP contribution in [-0.2, 0) is 38.4 Å². The van der Waals surface area contributed by atoms with Crippen molar-refractivity contribution in [3.05, 3.63) is 64.8 Å². The van der Waals surface area contributed by atoms with Gasteiger partial charge in [-0.2, -0.15) is 0 Å². The van der Waals surface area contributed by atoms with Gasteiger partial charge in [0.15, 0.2) is 0 Å². The predicted octanol–water partition coefficient (Wildman–Crippen LogP) is 4.79. The fourth-order valence-corrected chi connectivity index (χ4v) is 4.92. The molecule has 1 aliphatic rings. The molecule has 6 heteroatoms. The lowest BCUT2D eigenvalue weighted by molar-refractivity contribution is -0.145. The van der Waals surface area contributed by atoms with Crippen LogP contribution in [0.1, 0.15) is 54.5 Å². The van der Waals surface area contributed by atoms with E-state index in [9.17, 15) is 9.59 Å². The Kier molecular flexibility index (Phi) is 7.02. The average molecular weight is 450 g/mol. The van der Waals surface area contributed by atoms with Crippen LogP contribution in [0.5, 0.6) is 5.75 Å². The van der Waals surface area contributed by atoms with Gasteiger partial charge in [0.2, 0.25) is 0 Å². The molecule has 0 aliphatic heterocycles. The molecular weight excluding hydrogens is 418 g/mol. The van der Waals surface area contributed by atoms with Gasteiger partial charge in [-0.15, -0.1) is 0 Å². The summed E-state index contributed by atoms with van der Waals surface area (Å²) in [5.41, 5.74) is 5.45. The fraction of sp³-hybridized carbons (Fsp3) is 0.407. The van der Waals surface area contributed by atoms with E-state index in [4.69, 9.17) is 14.2 Å². The summed E-state index contributed by atoms with van der Waals surface area (Å²) in [7, 11) is 3.04. The minimum atomic E-state index is -0.279. The van der Waals surface area contributed by atoms with Crippen molar-refractivity contribution in [2.45, 2.75) is 51.5 Å². The molecule has 1 aliphatic carbocycles. The SMILES string of the molecule is CCOC(=O)C1CCCc2c1c1cc(OC)c(CCC(=O)OC)cc1n2Cc1ccccc1. The third-order valence-electron chi connectivity index (χ3n) is 6.45. The molecule has 33 heavy (non-hydrogen) atoms. The minimum absolute atomic E-state index is 0.161. The predicted molar refractivity (Wildman–Crippen MR) is 127 cm³/mol. The van der Waals surface area contributed by atoms with E-state index in [2.05, 4.69) is 22.8 Å². The highest BCUT2D eigenvalue weighted by Crippen LogP contribution is 2.42. The Balaban J connectivity index is 1.89. The second-order valence-corrected chi connectivity index (χ2v) is 8.39. The highest BCUT2D eigenvalue weighted by molar-refractivity contribution is 5.94. The van der Waals surface area contributed by atoms with E-state index in [1.54, 1.807) is 7.11 Å². The van der Waals surface area contributed by atoms with Crippen LogP contribution in [-0.4, -0.2) is 37.3 Å². The van der Waals surface area contributed by atoms with Crippen molar-refractivity contribution in [3.63, 3.8) is 0 Å². The Labute approximate surface area is 194 Å². The van der Waals surface area contributed by atoms with Crippen molar-refractivity contribution in [1.82, 2.24) is 4.57 Å². The van der Waals surface area contributed by atoms with Crippen molar-refractivity contribution in [3.8, 4) is 5.75 Å². The topological polar surface area (TPSA) is 66.8 Å². The molecule has 0 radical (unpaired) electrons. The maximum atomic E-state index is 12.9. The van der Waals surface area contributed by atoms with Crippen molar-refractivity contribution in [2.24, 2.45) is 0 Å². The van der Waals surface area contributed by atoms with Crippen LogP contribution in [0.25, 0.3) is 10.9 Å². The van der Waals surface area contributed by atoms with Crippen LogP contribution in [0.4, 0.5) is 0 Å². The molecule has 1 unspecified atom stereocenters. The maximum Gasteiger partial charge on any atom is 0.313 e. The van der Waals surface area contributed by atoms with Crippen LogP contribution in [0.2, 0.25) is 0 Å². The standard InChI is InChI=1S/C27H31NO5/c1-4-33-27(30)20-11-8-12-22-26(20)21-16-24(31-2)19(13-14-25(29)32-3)15-23(21)28(22)17-18-9-6-5-7-10-18/h5-7,9-10,15-16,20H,4,8,11-14,17H2,1-3H3.